The summed E-state index contributed by atoms with van der Waals surface area (Å²) in [6.45, 7) is 6.04. The number of hydrogen-bond acceptors (Lipinski definition) is 6. The zero-order valence-electron chi connectivity index (χ0n) is 14.4. The molecule has 1 aromatic rings. The van der Waals surface area contributed by atoms with Crippen molar-refractivity contribution in [1.82, 2.24) is 9.55 Å². The van der Waals surface area contributed by atoms with Crippen LogP contribution in [0.15, 0.2) is 17.1 Å². The highest BCUT2D eigenvalue weighted by Crippen LogP contribution is 2.32. The van der Waals surface area contributed by atoms with Crippen LogP contribution in [0, 0.1) is 11.8 Å². The fourth-order valence-electron chi connectivity index (χ4n) is 2.69. The number of rotatable bonds is 6. The maximum absolute atomic E-state index is 12.2. The quantitative estimate of drug-likeness (QED) is 0.793. The lowest BCUT2D eigenvalue weighted by Crippen LogP contribution is -2.33. The van der Waals surface area contributed by atoms with Gasteiger partial charge in [0.05, 0.1) is 12.7 Å². The van der Waals surface area contributed by atoms with Crippen molar-refractivity contribution in [3.8, 4) is 0 Å². The summed E-state index contributed by atoms with van der Waals surface area (Å²) < 4.78 is 12.0. The van der Waals surface area contributed by atoms with Crippen LogP contribution in [0.25, 0.3) is 0 Å². The maximum atomic E-state index is 12.2. The third kappa shape index (κ3) is 4.19. The maximum Gasteiger partial charge on any atom is 0.351 e. The largest absolute Gasteiger partial charge is 0.388 e. The van der Waals surface area contributed by atoms with Crippen molar-refractivity contribution in [2.75, 3.05) is 19.0 Å². The number of nitrogens with one attached hydrogen (secondary N) is 1. The smallest absolute Gasteiger partial charge is 0.351 e. The van der Waals surface area contributed by atoms with Crippen LogP contribution in [0.3, 0.4) is 0 Å². The van der Waals surface area contributed by atoms with Gasteiger partial charge in [0.15, 0.2) is 6.23 Å². The number of methoxy groups -OCH3 is 1. The van der Waals surface area contributed by atoms with Gasteiger partial charge in [-0.3, -0.25) is 9.36 Å². The van der Waals surface area contributed by atoms with E-state index in [1.54, 1.807) is 7.11 Å². The van der Waals surface area contributed by atoms with Gasteiger partial charge in [0.1, 0.15) is 11.9 Å². The number of hydrogen-bond donors (Lipinski definition) is 2. The molecule has 1 unspecified atom stereocenters. The van der Waals surface area contributed by atoms with Crippen molar-refractivity contribution in [3.05, 3.63) is 22.7 Å². The summed E-state index contributed by atoms with van der Waals surface area (Å²) in [6.07, 6.45) is -0.138. The number of aliphatic hydroxyl groups excluding tert-OH is 1. The van der Waals surface area contributed by atoms with E-state index in [9.17, 15) is 14.7 Å². The van der Waals surface area contributed by atoms with Crippen molar-refractivity contribution in [3.63, 3.8) is 0 Å². The van der Waals surface area contributed by atoms with Crippen molar-refractivity contribution < 1.29 is 19.4 Å². The minimum atomic E-state index is -0.842. The molecule has 8 nitrogen and oxygen atoms in total. The molecule has 134 valence electrons. The molecule has 2 rings (SSSR count). The van der Waals surface area contributed by atoms with Gasteiger partial charge in [-0.1, -0.05) is 20.8 Å². The highest BCUT2D eigenvalue weighted by molar-refractivity contribution is 5.89. The molecule has 1 aromatic heterocycles. The van der Waals surface area contributed by atoms with E-state index in [-0.39, 0.29) is 29.7 Å². The number of ether oxygens (including phenoxy) is 2. The van der Waals surface area contributed by atoms with Gasteiger partial charge >= 0.3 is 5.69 Å². The van der Waals surface area contributed by atoms with Crippen LogP contribution in [0.5, 0.6) is 0 Å². The van der Waals surface area contributed by atoms with Gasteiger partial charge in [0.25, 0.3) is 0 Å². The number of nitrogens with zero attached hydrogens (tertiary/aromatic N) is 2. The predicted octanol–water partition coefficient (Wildman–Crippen LogP) is 0.769. The van der Waals surface area contributed by atoms with Gasteiger partial charge in [0.2, 0.25) is 5.91 Å². The molecular formula is C16H25N3O5. The van der Waals surface area contributed by atoms with E-state index in [2.05, 4.69) is 10.3 Å². The number of carbonyl (C=O) groups is 1. The Morgan fingerprint density at radius 2 is 2.25 bits per heavy atom. The molecule has 1 aliphatic rings. The highest BCUT2D eigenvalue weighted by Gasteiger charge is 2.42. The lowest BCUT2D eigenvalue weighted by Gasteiger charge is -2.17. The van der Waals surface area contributed by atoms with Crippen LogP contribution < -0.4 is 11.0 Å². The molecule has 24 heavy (non-hydrogen) atoms. The topological polar surface area (TPSA) is 103 Å². The van der Waals surface area contributed by atoms with Crippen LogP contribution >= 0.6 is 0 Å². The highest BCUT2D eigenvalue weighted by atomic mass is 16.6. The Balaban J connectivity index is 2.13. The summed E-state index contributed by atoms with van der Waals surface area (Å²) in [5, 5.41) is 12.9. The number of aromatic nitrogens is 2. The lowest BCUT2D eigenvalue weighted by atomic mass is 10.0. The first-order valence-electron chi connectivity index (χ1n) is 8.05. The summed E-state index contributed by atoms with van der Waals surface area (Å²) >= 11 is 0. The number of aliphatic hydroxyl groups is 1. The molecule has 1 aliphatic heterocycles. The second-order valence-electron chi connectivity index (χ2n) is 6.52. The van der Waals surface area contributed by atoms with Crippen LogP contribution in [0.4, 0.5) is 5.82 Å². The normalized spacial score (nSPS) is 26.8. The summed E-state index contributed by atoms with van der Waals surface area (Å²) in [6, 6.07) is 1.52. The molecule has 0 spiro atoms. The van der Waals surface area contributed by atoms with E-state index >= 15 is 0 Å². The van der Waals surface area contributed by atoms with E-state index in [0.29, 0.717) is 13.0 Å². The van der Waals surface area contributed by atoms with Gasteiger partial charge < -0.3 is 19.9 Å². The first-order valence-corrected chi connectivity index (χ1v) is 8.05. The molecular weight excluding hydrogens is 314 g/mol. The Labute approximate surface area is 140 Å². The van der Waals surface area contributed by atoms with Gasteiger partial charge in [-0.05, 0) is 12.0 Å². The Morgan fingerprint density at radius 3 is 2.83 bits per heavy atom. The molecule has 2 N–H and O–H groups in total. The zero-order valence-corrected chi connectivity index (χ0v) is 14.4. The van der Waals surface area contributed by atoms with Crippen molar-refractivity contribution in [1.29, 1.82) is 0 Å². The molecule has 1 amide bonds. The Bertz CT molecular complexity index is 630. The minimum Gasteiger partial charge on any atom is -0.388 e. The van der Waals surface area contributed by atoms with Gasteiger partial charge in [-0.2, -0.15) is 4.98 Å². The average molecular weight is 339 g/mol. The third-order valence-electron chi connectivity index (χ3n) is 4.03. The Hall–Kier alpha value is -1.77. The van der Waals surface area contributed by atoms with Crippen molar-refractivity contribution in [2.45, 2.75) is 45.6 Å². The van der Waals surface area contributed by atoms with Crippen LogP contribution in [0.1, 0.15) is 33.4 Å². The Morgan fingerprint density at radius 1 is 1.54 bits per heavy atom. The summed E-state index contributed by atoms with van der Waals surface area (Å²) in [5.74, 6) is 0.0374. The monoisotopic (exact) mass is 339 g/mol. The molecule has 1 fully saturated rings. The van der Waals surface area contributed by atoms with Gasteiger partial charge in [0, 0.05) is 25.6 Å². The second-order valence-corrected chi connectivity index (χ2v) is 6.52. The average Bonchev–Trinajstić information content (AvgIpc) is 2.75. The predicted molar refractivity (Wildman–Crippen MR) is 87.5 cm³/mol. The summed E-state index contributed by atoms with van der Waals surface area (Å²) in [4.78, 5) is 27.8. The molecule has 0 radical (unpaired) electrons. The van der Waals surface area contributed by atoms with E-state index in [4.69, 9.17) is 9.47 Å². The first kappa shape index (κ1) is 18.6. The van der Waals surface area contributed by atoms with E-state index in [1.165, 1.54) is 16.8 Å². The fourth-order valence-corrected chi connectivity index (χ4v) is 2.69. The SMILES string of the molecule is COC[C@H]1O[C@@H](n2ccc(NC(=O)CC(C)C)nc2=O)[C@H](O)C1C. The van der Waals surface area contributed by atoms with Gasteiger partial charge in [-0.15, -0.1) is 0 Å². The number of amides is 1. The molecule has 0 saturated carbocycles. The first-order chi connectivity index (χ1) is 11.3. The van der Waals surface area contributed by atoms with Crippen LogP contribution in [-0.2, 0) is 14.3 Å². The molecule has 1 saturated heterocycles. The van der Waals surface area contributed by atoms with E-state index in [0.717, 1.165) is 0 Å². The number of anilines is 1. The van der Waals surface area contributed by atoms with Crippen LogP contribution in [-0.4, -0.2) is 46.5 Å². The van der Waals surface area contributed by atoms with Gasteiger partial charge in [-0.25, -0.2) is 4.79 Å². The summed E-state index contributed by atoms with van der Waals surface area (Å²) in [7, 11) is 1.55. The third-order valence-corrected chi connectivity index (χ3v) is 4.03. The molecule has 0 bridgehead atoms. The zero-order chi connectivity index (χ0) is 17.9. The second kappa shape index (κ2) is 7.87. The molecule has 0 aromatic carbocycles. The van der Waals surface area contributed by atoms with Crippen molar-refractivity contribution >= 4 is 11.7 Å². The molecule has 4 atom stereocenters. The molecule has 8 heteroatoms. The van der Waals surface area contributed by atoms with E-state index in [1.807, 2.05) is 20.8 Å². The standard InChI is InChI=1S/C16H25N3O5/c1-9(2)7-13(20)17-12-5-6-19(16(22)18-12)15-14(21)10(3)11(24-15)8-23-4/h5-6,9-11,14-15,21H,7-8H2,1-4H3,(H,17,18,20,22)/t10?,11-,14-,15-/m1/s1. The summed E-state index contributed by atoms with van der Waals surface area (Å²) in [5.41, 5.74) is -0.591. The van der Waals surface area contributed by atoms with Crippen molar-refractivity contribution in [2.24, 2.45) is 11.8 Å². The molecule has 2 heterocycles. The minimum absolute atomic E-state index is 0.174. The van der Waals surface area contributed by atoms with Crippen LogP contribution in [0.2, 0.25) is 0 Å². The fraction of sp³-hybridized carbons (Fsp3) is 0.688. The van der Waals surface area contributed by atoms with E-state index < -0.39 is 18.0 Å². The Kier molecular flexibility index (Phi) is 6.09. The molecule has 0 aliphatic carbocycles. The lowest BCUT2D eigenvalue weighted by molar-refractivity contribution is -0.116. The number of carbonyl (C=O) groups excluding carboxylic acids is 1.